The first-order valence-electron chi connectivity index (χ1n) is 5.90. The zero-order valence-electron chi connectivity index (χ0n) is 11.4. The summed E-state index contributed by atoms with van der Waals surface area (Å²) in [6.07, 6.45) is 1.16. The summed E-state index contributed by atoms with van der Waals surface area (Å²) in [5.74, 6) is 0.544. The monoisotopic (exact) mass is 263 g/mol. The molecule has 0 radical (unpaired) electrons. The smallest absolute Gasteiger partial charge is 0.412 e. The number of rotatable bonds is 2. The van der Waals surface area contributed by atoms with Gasteiger partial charge in [-0.15, -0.1) is 0 Å². The van der Waals surface area contributed by atoms with Crippen LogP contribution >= 0.6 is 0 Å². The van der Waals surface area contributed by atoms with Crippen LogP contribution in [-0.4, -0.2) is 29.0 Å². The van der Waals surface area contributed by atoms with E-state index >= 15 is 0 Å². The molecule has 0 saturated carbocycles. The second-order valence-electron chi connectivity index (χ2n) is 5.14. The molecule has 0 atom stereocenters. The summed E-state index contributed by atoms with van der Waals surface area (Å²) in [6, 6.07) is 3.55. The highest BCUT2D eigenvalue weighted by atomic mass is 16.6. The van der Waals surface area contributed by atoms with Crippen molar-refractivity contribution < 1.29 is 14.3 Å². The van der Waals surface area contributed by atoms with E-state index in [0.717, 1.165) is 10.9 Å². The van der Waals surface area contributed by atoms with E-state index in [1.165, 1.54) is 7.11 Å². The van der Waals surface area contributed by atoms with Crippen molar-refractivity contribution in [2.45, 2.75) is 26.4 Å². The molecular weight excluding hydrogens is 246 g/mol. The Labute approximate surface area is 111 Å². The molecule has 0 unspecified atom stereocenters. The number of fused-ring (bicyclic) bond motifs is 1. The summed E-state index contributed by atoms with van der Waals surface area (Å²) in [4.78, 5) is 11.8. The molecule has 1 amide bonds. The predicted molar refractivity (Wildman–Crippen MR) is 72.5 cm³/mol. The number of nitrogens with one attached hydrogen (secondary N) is 2. The van der Waals surface area contributed by atoms with E-state index in [1.54, 1.807) is 18.3 Å². The number of H-pyrrole nitrogens is 1. The fourth-order valence-corrected chi connectivity index (χ4v) is 1.65. The average molecular weight is 263 g/mol. The first-order chi connectivity index (χ1) is 8.89. The highest BCUT2D eigenvalue weighted by molar-refractivity contribution is 5.92. The highest BCUT2D eigenvalue weighted by Gasteiger charge is 2.18. The number of carbonyl (C=O) groups excluding carboxylic acids is 1. The minimum atomic E-state index is -0.545. The van der Waals surface area contributed by atoms with Crippen LogP contribution in [0.2, 0.25) is 0 Å². The Balaban J connectivity index is 2.25. The van der Waals surface area contributed by atoms with E-state index in [-0.39, 0.29) is 0 Å². The van der Waals surface area contributed by atoms with Crippen molar-refractivity contribution in [2.75, 3.05) is 12.4 Å². The van der Waals surface area contributed by atoms with Crippen LogP contribution in [0.4, 0.5) is 10.5 Å². The third-order valence-corrected chi connectivity index (χ3v) is 2.40. The molecule has 1 heterocycles. The van der Waals surface area contributed by atoms with E-state index < -0.39 is 11.7 Å². The summed E-state index contributed by atoms with van der Waals surface area (Å²) in [5.41, 5.74) is 0.842. The van der Waals surface area contributed by atoms with Crippen molar-refractivity contribution in [3.05, 3.63) is 18.3 Å². The number of methoxy groups -OCH3 is 1. The highest BCUT2D eigenvalue weighted by Crippen LogP contribution is 2.29. The van der Waals surface area contributed by atoms with Gasteiger partial charge in [0.05, 0.1) is 24.5 Å². The van der Waals surface area contributed by atoms with Gasteiger partial charge in [0.25, 0.3) is 0 Å². The van der Waals surface area contributed by atoms with E-state index in [1.807, 2.05) is 20.8 Å². The number of nitrogens with zero attached hydrogens (tertiary/aromatic N) is 1. The summed E-state index contributed by atoms with van der Waals surface area (Å²) in [6.45, 7) is 5.43. The van der Waals surface area contributed by atoms with Crippen LogP contribution in [0.25, 0.3) is 10.9 Å². The number of benzene rings is 1. The lowest BCUT2D eigenvalue weighted by atomic mass is 10.2. The van der Waals surface area contributed by atoms with Crippen LogP contribution in [0, 0.1) is 0 Å². The largest absolute Gasteiger partial charge is 0.494 e. The number of ether oxygens (including phenoxy) is 2. The van der Waals surface area contributed by atoms with E-state index in [2.05, 4.69) is 15.5 Å². The van der Waals surface area contributed by atoms with Gasteiger partial charge in [0.1, 0.15) is 11.4 Å². The molecular formula is C13H17N3O3. The maximum atomic E-state index is 11.8. The maximum Gasteiger partial charge on any atom is 0.412 e. The van der Waals surface area contributed by atoms with Gasteiger partial charge in [-0.1, -0.05) is 0 Å². The van der Waals surface area contributed by atoms with Gasteiger partial charge in [-0.2, -0.15) is 5.10 Å². The lowest BCUT2D eigenvalue weighted by molar-refractivity contribution is 0.0635. The summed E-state index contributed by atoms with van der Waals surface area (Å²) in [5, 5.41) is 10.3. The van der Waals surface area contributed by atoms with Crippen LogP contribution in [0.1, 0.15) is 20.8 Å². The Bertz CT molecular complexity index is 599. The van der Waals surface area contributed by atoms with Gasteiger partial charge in [-0.05, 0) is 26.8 Å². The third kappa shape index (κ3) is 3.15. The van der Waals surface area contributed by atoms with Gasteiger partial charge in [0.2, 0.25) is 0 Å². The second-order valence-corrected chi connectivity index (χ2v) is 5.14. The number of anilines is 1. The van der Waals surface area contributed by atoms with Crippen molar-refractivity contribution in [3.8, 4) is 5.75 Å². The fourth-order valence-electron chi connectivity index (χ4n) is 1.65. The van der Waals surface area contributed by atoms with Crippen molar-refractivity contribution in [1.29, 1.82) is 0 Å². The van der Waals surface area contributed by atoms with E-state index in [0.29, 0.717) is 11.4 Å². The van der Waals surface area contributed by atoms with Crippen LogP contribution in [-0.2, 0) is 4.74 Å². The molecule has 0 aliphatic rings. The van der Waals surface area contributed by atoms with Gasteiger partial charge in [-0.3, -0.25) is 10.4 Å². The third-order valence-electron chi connectivity index (χ3n) is 2.40. The zero-order chi connectivity index (χ0) is 14.0. The predicted octanol–water partition coefficient (Wildman–Crippen LogP) is 2.92. The molecule has 0 spiro atoms. The van der Waals surface area contributed by atoms with Gasteiger partial charge < -0.3 is 9.47 Å². The van der Waals surface area contributed by atoms with E-state index in [4.69, 9.17) is 9.47 Å². The van der Waals surface area contributed by atoms with Crippen molar-refractivity contribution in [1.82, 2.24) is 10.2 Å². The van der Waals surface area contributed by atoms with Crippen LogP contribution in [0.15, 0.2) is 18.3 Å². The number of hydrogen-bond acceptors (Lipinski definition) is 4. The number of aromatic amines is 1. The van der Waals surface area contributed by atoms with Crippen molar-refractivity contribution in [2.24, 2.45) is 0 Å². The first-order valence-corrected chi connectivity index (χ1v) is 5.90. The molecule has 2 aromatic rings. The molecule has 0 aliphatic heterocycles. The Hall–Kier alpha value is -2.24. The molecule has 0 fully saturated rings. The molecule has 0 aliphatic carbocycles. The van der Waals surface area contributed by atoms with Crippen LogP contribution in [0.5, 0.6) is 5.75 Å². The molecule has 0 bridgehead atoms. The molecule has 2 N–H and O–H groups in total. The van der Waals surface area contributed by atoms with Crippen LogP contribution in [0.3, 0.4) is 0 Å². The minimum Gasteiger partial charge on any atom is -0.494 e. The van der Waals surface area contributed by atoms with Gasteiger partial charge in [0.15, 0.2) is 0 Å². The van der Waals surface area contributed by atoms with Crippen molar-refractivity contribution in [3.63, 3.8) is 0 Å². The van der Waals surface area contributed by atoms with Crippen molar-refractivity contribution >= 4 is 22.7 Å². The lowest BCUT2D eigenvalue weighted by Crippen LogP contribution is -2.27. The normalized spacial score (nSPS) is 11.4. The Morgan fingerprint density at radius 2 is 2.11 bits per heavy atom. The number of amides is 1. The Kier molecular flexibility index (Phi) is 3.33. The van der Waals surface area contributed by atoms with Gasteiger partial charge in [-0.25, -0.2) is 4.79 Å². The maximum absolute atomic E-state index is 11.8. The lowest BCUT2D eigenvalue weighted by Gasteiger charge is -2.20. The molecule has 2 rings (SSSR count). The fraction of sp³-hybridized carbons (Fsp3) is 0.385. The number of aromatic nitrogens is 2. The molecule has 1 aromatic heterocycles. The summed E-state index contributed by atoms with van der Waals surface area (Å²) >= 11 is 0. The van der Waals surface area contributed by atoms with Gasteiger partial charge in [0, 0.05) is 11.5 Å². The zero-order valence-corrected chi connectivity index (χ0v) is 11.4. The number of hydrogen-bond donors (Lipinski definition) is 2. The molecule has 1 aromatic carbocycles. The van der Waals surface area contributed by atoms with Gasteiger partial charge >= 0.3 is 6.09 Å². The molecule has 19 heavy (non-hydrogen) atoms. The summed E-state index contributed by atoms with van der Waals surface area (Å²) in [7, 11) is 1.54. The molecule has 6 heteroatoms. The molecule has 102 valence electrons. The quantitative estimate of drug-likeness (QED) is 0.873. The summed E-state index contributed by atoms with van der Waals surface area (Å²) < 4.78 is 10.4. The Morgan fingerprint density at radius 1 is 1.37 bits per heavy atom. The first kappa shape index (κ1) is 13.2. The standard InChI is InChI=1S/C13H17N3O3/c1-13(2,3)19-12(17)15-10-5-8-7-14-16-9(8)6-11(10)18-4/h5-7H,1-4H3,(H,14,16)(H,15,17). The molecule has 6 nitrogen and oxygen atoms in total. The minimum absolute atomic E-state index is 0.520. The second kappa shape index (κ2) is 4.79. The topological polar surface area (TPSA) is 76.2 Å². The van der Waals surface area contributed by atoms with E-state index in [9.17, 15) is 4.79 Å². The Morgan fingerprint density at radius 3 is 2.74 bits per heavy atom. The molecule has 0 saturated heterocycles. The number of carbonyl (C=O) groups is 1. The van der Waals surface area contributed by atoms with Crippen LogP contribution < -0.4 is 10.1 Å². The average Bonchev–Trinajstić information content (AvgIpc) is 2.72. The SMILES string of the molecule is COc1cc2[nH]ncc2cc1NC(=O)OC(C)(C)C.